The van der Waals surface area contributed by atoms with Gasteiger partial charge in [0.1, 0.15) is 30.4 Å². The number of nitrogens with zero attached hydrogens (tertiary/aromatic N) is 8. The molecule has 2 fully saturated rings. The Labute approximate surface area is 383 Å². The van der Waals surface area contributed by atoms with Crippen LogP contribution in [0, 0.1) is 29.2 Å². The van der Waals surface area contributed by atoms with Crippen LogP contribution in [0.5, 0.6) is 11.5 Å². The summed E-state index contributed by atoms with van der Waals surface area (Å²) in [6.45, 7) is 12.2. The largest absolute Gasteiger partial charge is 0.486 e. The third-order valence-corrected chi connectivity index (χ3v) is 14.4. The van der Waals surface area contributed by atoms with Gasteiger partial charge in [0.05, 0.1) is 49.4 Å². The molecule has 2 aromatic heterocycles. The second-order valence-electron chi connectivity index (χ2n) is 17.0. The van der Waals surface area contributed by atoms with E-state index in [2.05, 4.69) is 19.9 Å². The van der Waals surface area contributed by atoms with Crippen LogP contribution in [0.1, 0.15) is 59.2 Å². The molecule has 22 heteroatoms. The Morgan fingerprint density at radius 2 is 1.09 bits per heavy atom. The Morgan fingerprint density at radius 1 is 0.662 bits per heavy atom. The maximum atomic E-state index is 14.8. The van der Waals surface area contributed by atoms with Crippen LogP contribution < -0.4 is 25.0 Å². The Hall–Kier alpha value is -4.41. The van der Waals surface area contributed by atoms with Crippen molar-refractivity contribution in [2.45, 2.75) is 77.9 Å². The average molecular weight is 971 g/mol. The lowest BCUT2D eigenvalue weighted by molar-refractivity contribution is 0.271. The quantitative estimate of drug-likeness (QED) is 0.154. The second kappa shape index (κ2) is 21.0. The average Bonchev–Trinajstić information content (AvgIpc) is 3.25. The summed E-state index contributed by atoms with van der Waals surface area (Å²) >= 11 is 5.71. The maximum absolute atomic E-state index is 14.8. The van der Waals surface area contributed by atoms with Crippen molar-refractivity contribution in [1.29, 1.82) is 0 Å². The van der Waals surface area contributed by atoms with Crippen LogP contribution >= 0.6 is 11.6 Å². The van der Waals surface area contributed by atoms with E-state index in [0.717, 1.165) is 25.2 Å². The summed E-state index contributed by atoms with van der Waals surface area (Å²) in [4.78, 5) is 20.0. The van der Waals surface area contributed by atoms with Gasteiger partial charge in [-0.05, 0) is 95.2 Å². The molecule has 2 aromatic carbocycles. The highest BCUT2D eigenvalue weighted by atomic mass is 35.5. The molecule has 0 unspecified atom stereocenters. The molecular formula is C43H56ClF4N9O6S2. The van der Waals surface area contributed by atoms with Gasteiger partial charge in [0.15, 0.2) is 34.8 Å². The van der Waals surface area contributed by atoms with E-state index in [4.69, 9.17) is 26.8 Å². The van der Waals surface area contributed by atoms with Gasteiger partial charge in [-0.1, -0.05) is 0 Å². The van der Waals surface area contributed by atoms with Crippen molar-refractivity contribution in [2.75, 3.05) is 74.8 Å². The molecule has 0 bridgehead atoms. The zero-order valence-corrected chi connectivity index (χ0v) is 39.7. The topological polar surface area (TPSA) is 177 Å². The van der Waals surface area contributed by atoms with Gasteiger partial charge in [0.2, 0.25) is 25.3 Å². The summed E-state index contributed by atoms with van der Waals surface area (Å²) < 4.78 is 117. The van der Waals surface area contributed by atoms with E-state index in [1.807, 2.05) is 37.5 Å². The summed E-state index contributed by atoms with van der Waals surface area (Å²) in [6.07, 6.45) is 8.01. The lowest BCUT2D eigenvalue weighted by Crippen LogP contribution is -2.42. The van der Waals surface area contributed by atoms with E-state index in [1.54, 1.807) is 12.1 Å². The summed E-state index contributed by atoms with van der Waals surface area (Å²) in [5, 5.41) is -0.0912. The van der Waals surface area contributed by atoms with Crippen molar-refractivity contribution in [3.63, 3.8) is 0 Å². The lowest BCUT2D eigenvalue weighted by atomic mass is 9.94. The smallest absolute Gasteiger partial charge is 0.223 e. The molecule has 356 valence electrons. The minimum absolute atomic E-state index is 0.0315. The van der Waals surface area contributed by atoms with E-state index in [-0.39, 0.29) is 52.2 Å². The van der Waals surface area contributed by atoms with Crippen molar-refractivity contribution < 1.29 is 43.9 Å². The summed E-state index contributed by atoms with van der Waals surface area (Å²) in [5.74, 6) is -1.33. The molecule has 0 atom stereocenters. The van der Waals surface area contributed by atoms with Gasteiger partial charge in [0.25, 0.3) is 0 Å². The molecule has 6 heterocycles. The molecule has 8 rings (SSSR count). The first kappa shape index (κ1) is 50.0. The van der Waals surface area contributed by atoms with Gasteiger partial charge in [-0.2, -0.15) is 0 Å². The molecule has 0 aliphatic carbocycles. The van der Waals surface area contributed by atoms with Crippen molar-refractivity contribution in [3.05, 3.63) is 71.0 Å². The van der Waals surface area contributed by atoms with Crippen LogP contribution in [0.25, 0.3) is 22.5 Å². The number of halogens is 5. The number of aromatic nitrogens is 4. The van der Waals surface area contributed by atoms with E-state index in [0.29, 0.717) is 100 Å². The highest BCUT2D eigenvalue weighted by molar-refractivity contribution is 7.88. The van der Waals surface area contributed by atoms with Gasteiger partial charge in [-0.3, -0.25) is 0 Å². The number of hydrogen-bond donors (Lipinski definition) is 1. The van der Waals surface area contributed by atoms with Crippen LogP contribution in [0.4, 0.5) is 28.9 Å². The van der Waals surface area contributed by atoms with E-state index in [1.165, 1.54) is 33.3 Å². The maximum Gasteiger partial charge on any atom is 0.223 e. The number of sulfonamides is 2. The van der Waals surface area contributed by atoms with Crippen LogP contribution in [-0.2, 0) is 26.5 Å². The third kappa shape index (κ3) is 12.5. The fraction of sp³-hybridized carbons (Fsp3) is 0.535. The number of piperidine rings is 2. The van der Waals surface area contributed by atoms with E-state index in [9.17, 15) is 34.4 Å². The standard InChI is InChI=1S/C22H28F2N4O3S.C15H14ClF2N3O.C6H14N2O2S/c1-14(2)28-8-9-31-22-17(23)11-16(12-19(22)28)21-18(24)13-25-20(26-21)10-15-4-6-27(7-5-15)32(3,29)30;1-8(2)21-3-4-22-14-10(17)5-9(6-12(14)21)13-11(18)7-19-15(16)20-13;1-11(9,10)8-4-2-6(7)3-5-8/h11-15H,4-10H2,1-3H3;5-8H,3-4H2,1-2H3;6H,2-5,7H2,1H3. The number of anilines is 2. The van der Waals surface area contributed by atoms with Crippen molar-refractivity contribution in [2.24, 2.45) is 11.7 Å². The molecule has 2 N–H and O–H groups in total. The monoisotopic (exact) mass is 969 g/mol. The van der Waals surface area contributed by atoms with E-state index >= 15 is 0 Å². The molecule has 0 saturated carbocycles. The fourth-order valence-electron chi connectivity index (χ4n) is 8.11. The first-order chi connectivity index (χ1) is 30.6. The number of rotatable bonds is 8. The van der Waals surface area contributed by atoms with Crippen LogP contribution in [-0.4, -0.2) is 129 Å². The van der Waals surface area contributed by atoms with Crippen LogP contribution in [0.3, 0.4) is 0 Å². The van der Waals surface area contributed by atoms with E-state index < -0.39 is 43.3 Å². The Bertz CT molecular complexity index is 2550. The molecule has 2 saturated heterocycles. The van der Waals surface area contributed by atoms with Crippen LogP contribution in [0.2, 0.25) is 5.28 Å². The molecule has 0 radical (unpaired) electrons. The zero-order chi connectivity index (χ0) is 47.4. The summed E-state index contributed by atoms with van der Waals surface area (Å²) in [5.41, 5.74) is 7.46. The molecule has 65 heavy (non-hydrogen) atoms. The fourth-order valence-corrected chi connectivity index (χ4v) is 9.99. The minimum Gasteiger partial charge on any atom is -0.486 e. The predicted octanol–water partition coefficient (Wildman–Crippen LogP) is 6.29. The number of nitrogens with two attached hydrogens (primary N) is 1. The first-order valence-electron chi connectivity index (χ1n) is 21.4. The van der Waals surface area contributed by atoms with Gasteiger partial charge in [0, 0.05) is 61.9 Å². The first-order valence-corrected chi connectivity index (χ1v) is 25.5. The third-order valence-electron chi connectivity index (χ3n) is 11.6. The number of benzene rings is 2. The second-order valence-corrected chi connectivity index (χ2v) is 21.3. The summed E-state index contributed by atoms with van der Waals surface area (Å²) in [6, 6.07) is 6.32. The zero-order valence-electron chi connectivity index (χ0n) is 37.3. The van der Waals surface area contributed by atoms with Crippen molar-refractivity contribution in [3.8, 4) is 34.0 Å². The SMILES string of the molecule is CC(C)N1CCOc2c(F)cc(-c3nc(CC4CCN(S(C)(=O)=O)CC4)ncc3F)cc21.CC(C)N1CCOc2c(F)cc(-c3nc(Cl)ncc3F)cc21.CS(=O)(=O)N1CCC(N)CC1. The number of hydrogen-bond acceptors (Lipinski definition) is 13. The number of ether oxygens (including phenoxy) is 2. The normalized spacial score (nSPS) is 17.6. The lowest BCUT2D eigenvalue weighted by Gasteiger charge is -2.34. The van der Waals surface area contributed by atoms with Gasteiger partial charge < -0.3 is 25.0 Å². The molecule has 0 amide bonds. The van der Waals surface area contributed by atoms with Gasteiger partial charge >= 0.3 is 0 Å². The highest BCUT2D eigenvalue weighted by Gasteiger charge is 2.29. The van der Waals surface area contributed by atoms with Gasteiger partial charge in [-0.15, -0.1) is 0 Å². The summed E-state index contributed by atoms with van der Waals surface area (Å²) in [7, 11) is -6.16. The van der Waals surface area contributed by atoms with Crippen LogP contribution in [0.15, 0.2) is 36.7 Å². The molecular weight excluding hydrogens is 914 g/mol. The Kier molecular flexibility index (Phi) is 16.2. The molecule has 4 aromatic rings. The van der Waals surface area contributed by atoms with Crippen molar-refractivity contribution >= 4 is 43.0 Å². The van der Waals surface area contributed by atoms with Crippen molar-refractivity contribution in [1.82, 2.24) is 28.5 Å². The Morgan fingerprint density at radius 3 is 1.54 bits per heavy atom. The number of fused-ring (bicyclic) bond motifs is 2. The molecule has 4 aliphatic heterocycles. The molecule has 15 nitrogen and oxygen atoms in total. The molecule has 4 aliphatic rings. The Balaban J connectivity index is 0.000000182. The van der Waals surface area contributed by atoms with Gasteiger partial charge in [-0.25, -0.2) is 62.9 Å². The predicted molar refractivity (Wildman–Crippen MR) is 242 cm³/mol. The minimum atomic E-state index is -3.19. The molecule has 0 spiro atoms. The highest BCUT2D eigenvalue weighted by Crippen LogP contribution is 2.41.